The number of carbonyl (C=O) groups is 3. The third-order valence-electron chi connectivity index (χ3n) is 4.22. The Hall–Kier alpha value is -3.15. The molecule has 3 N–H and O–H groups in total. The van der Waals surface area contributed by atoms with Crippen LogP contribution in [0, 0.1) is 12.8 Å². The van der Waals surface area contributed by atoms with Crippen molar-refractivity contribution in [1.82, 2.24) is 5.32 Å². The summed E-state index contributed by atoms with van der Waals surface area (Å²) in [5.74, 6) is -1.82. The summed E-state index contributed by atoms with van der Waals surface area (Å²) in [6.07, 6.45) is 0.185. The van der Waals surface area contributed by atoms with Crippen LogP contribution < -0.4 is 10.6 Å². The number of carbonyl (C=O) groups excluding carboxylic acids is 2. The van der Waals surface area contributed by atoms with Gasteiger partial charge in [-0.3, -0.25) is 9.59 Å². The van der Waals surface area contributed by atoms with E-state index in [1.807, 2.05) is 44.2 Å². The lowest BCUT2D eigenvalue weighted by Gasteiger charge is -2.22. The van der Waals surface area contributed by atoms with Crippen molar-refractivity contribution in [2.75, 3.05) is 5.32 Å². The summed E-state index contributed by atoms with van der Waals surface area (Å²) in [7, 11) is 0. The first-order valence-corrected chi connectivity index (χ1v) is 8.76. The molecule has 0 radical (unpaired) electrons. The zero-order valence-electron chi connectivity index (χ0n) is 15.7. The second kappa shape index (κ2) is 8.98. The summed E-state index contributed by atoms with van der Waals surface area (Å²) in [5.41, 5.74) is 2.11. The van der Waals surface area contributed by atoms with Crippen LogP contribution in [0.2, 0.25) is 0 Å². The average Bonchev–Trinajstić information content (AvgIpc) is 2.61. The lowest BCUT2D eigenvalue weighted by molar-refractivity contribution is -0.127. The molecule has 2 aromatic carbocycles. The number of rotatable bonds is 7. The van der Waals surface area contributed by atoms with E-state index in [2.05, 4.69) is 10.6 Å². The van der Waals surface area contributed by atoms with Gasteiger partial charge in [0.1, 0.15) is 6.04 Å². The highest BCUT2D eigenvalue weighted by Gasteiger charge is 2.25. The number of amides is 2. The lowest BCUT2D eigenvalue weighted by atomic mass is 10.0. The second-order valence-corrected chi connectivity index (χ2v) is 6.78. The first-order valence-electron chi connectivity index (χ1n) is 8.76. The van der Waals surface area contributed by atoms with Gasteiger partial charge in [-0.15, -0.1) is 0 Å². The van der Waals surface area contributed by atoms with E-state index < -0.39 is 12.0 Å². The van der Waals surface area contributed by atoms with Gasteiger partial charge in [0.15, 0.2) is 0 Å². The van der Waals surface area contributed by atoms with E-state index in [9.17, 15) is 14.4 Å². The first-order chi connectivity index (χ1) is 12.8. The topological polar surface area (TPSA) is 95.5 Å². The highest BCUT2D eigenvalue weighted by molar-refractivity contribution is 5.99. The summed E-state index contributed by atoms with van der Waals surface area (Å²) >= 11 is 0. The Morgan fingerprint density at radius 1 is 1.04 bits per heavy atom. The monoisotopic (exact) mass is 368 g/mol. The summed E-state index contributed by atoms with van der Waals surface area (Å²) in [4.78, 5) is 36.2. The molecule has 2 amide bonds. The van der Waals surface area contributed by atoms with Crippen LogP contribution in [-0.2, 0) is 16.0 Å². The molecule has 0 aliphatic heterocycles. The van der Waals surface area contributed by atoms with E-state index >= 15 is 0 Å². The third kappa shape index (κ3) is 5.67. The van der Waals surface area contributed by atoms with Crippen LogP contribution in [0.15, 0.2) is 48.5 Å². The highest BCUT2D eigenvalue weighted by atomic mass is 16.4. The molecule has 0 aliphatic carbocycles. The molecule has 0 heterocycles. The van der Waals surface area contributed by atoms with Gasteiger partial charge < -0.3 is 15.7 Å². The summed E-state index contributed by atoms with van der Waals surface area (Å²) in [5, 5.41) is 14.6. The predicted molar refractivity (Wildman–Crippen MR) is 104 cm³/mol. The highest BCUT2D eigenvalue weighted by Crippen LogP contribution is 2.18. The van der Waals surface area contributed by atoms with E-state index in [0.717, 1.165) is 11.1 Å². The minimum atomic E-state index is -1.07. The van der Waals surface area contributed by atoms with Crippen LogP contribution in [0.1, 0.15) is 35.3 Å². The molecule has 2 rings (SSSR count). The first kappa shape index (κ1) is 20.2. The van der Waals surface area contributed by atoms with Crippen molar-refractivity contribution in [1.29, 1.82) is 0 Å². The molecule has 1 unspecified atom stereocenters. The minimum Gasteiger partial charge on any atom is -0.478 e. The van der Waals surface area contributed by atoms with Gasteiger partial charge in [0.2, 0.25) is 11.8 Å². The van der Waals surface area contributed by atoms with Gasteiger partial charge in [0.05, 0.1) is 12.0 Å². The predicted octanol–water partition coefficient (Wildman–Crippen LogP) is 3.02. The molecular formula is C21H24N2O4. The number of hydrogen-bond donors (Lipinski definition) is 3. The maximum absolute atomic E-state index is 12.7. The van der Waals surface area contributed by atoms with E-state index in [4.69, 9.17) is 5.11 Å². The van der Waals surface area contributed by atoms with Crippen LogP contribution in [0.4, 0.5) is 5.69 Å². The van der Waals surface area contributed by atoms with Crippen molar-refractivity contribution in [3.63, 3.8) is 0 Å². The molecule has 0 aromatic heterocycles. The standard InChI is InChI=1S/C21H24N2O4/c1-13(2)19(23-18(24)11-15-7-5-4-6-8-15)20(25)22-17-12-16(21(26)27)10-9-14(17)3/h4-10,12-13,19H,11H2,1-3H3,(H,22,25)(H,23,24)(H,26,27). The van der Waals surface area contributed by atoms with Gasteiger partial charge in [-0.1, -0.05) is 50.2 Å². The van der Waals surface area contributed by atoms with Gasteiger partial charge in [-0.25, -0.2) is 4.79 Å². The Kier molecular flexibility index (Phi) is 6.71. The Labute approximate surface area is 158 Å². The number of carboxylic acid groups (broad SMARTS) is 1. The number of aromatic carboxylic acids is 1. The van der Waals surface area contributed by atoms with Gasteiger partial charge in [0.25, 0.3) is 0 Å². The zero-order valence-corrected chi connectivity index (χ0v) is 15.7. The number of benzene rings is 2. The number of nitrogens with one attached hydrogen (secondary N) is 2. The van der Waals surface area contributed by atoms with Crippen LogP contribution in [0.3, 0.4) is 0 Å². The molecule has 0 saturated heterocycles. The van der Waals surface area contributed by atoms with Gasteiger partial charge in [-0.2, -0.15) is 0 Å². The van der Waals surface area contributed by atoms with Crippen molar-refractivity contribution in [3.8, 4) is 0 Å². The maximum Gasteiger partial charge on any atom is 0.335 e. The third-order valence-corrected chi connectivity index (χ3v) is 4.22. The number of anilines is 1. The smallest absolute Gasteiger partial charge is 0.335 e. The maximum atomic E-state index is 12.7. The van der Waals surface area contributed by atoms with Gasteiger partial charge in [0, 0.05) is 5.69 Å². The Balaban J connectivity index is 2.10. The van der Waals surface area contributed by atoms with Crippen molar-refractivity contribution in [3.05, 3.63) is 65.2 Å². The quantitative estimate of drug-likeness (QED) is 0.700. The molecule has 0 bridgehead atoms. The molecule has 0 spiro atoms. The molecule has 6 heteroatoms. The Morgan fingerprint density at radius 3 is 2.30 bits per heavy atom. The second-order valence-electron chi connectivity index (χ2n) is 6.78. The molecule has 2 aromatic rings. The molecule has 27 heavy (non-hydrogen) atoms. The fraction of sp³-hybridized carbons (Fsp3) is 0.286. The summed E-state index contributed by atoms with van der Waals surface area (Å²) in [6, 6.07) is 13.1. The molecule has 0 saturated carbocycles. The molecular weight excluding hydrogens is 344 g/mol. The number of aryl methyl sites for hydroxylation is 1. The Bertz CT molecular complexity index is 831. The Morgan fingerprint density at radius 2 is 1.70 bits per heavy atom. The van der Waals surface area contributed by atoms with Crippen LogP contribution in [0.5, 0.6) is 0 Å². The largest absolute Gasteiger partial charge is 0.478 e. The zero-order chi connectivity index (χ0) is 20.0. The molecule has 0 aliphatic rings. The fourth-order valence-electron chi connectivity index (χ4n) is 2.64. The molecule has 0 fully saturated rings. The minimum absolute atomic E-state index is 0.0881. The SMILES string of the molecule is Cc1ccc(C(=O)O)cc1NC(=O)C(NC(=O)Cc1ccccc1)C(C)C. The van der Waals surface area contributed by atoms with Crippen molar-refractivity contribution in [2.45, 2.75) is 33.2 Å². The number of hydrogen-bond acceptors (Lipinski definition) is 3. The van der Waals surface area contributed by atoms with Crippen molar-refractivity contribution in [2.24, 2.45) is 5.92 Å². The average molecular weight is 368 g/mol. The van der Waals surface area contributed by atoms with E-state index in [-0.39, 0.29) is 29.7 Å². The summed E-state index contributed by atoms with van der Waals surface area (Å²) < 4.78 is 0. The van der Waals surface area contributed by atoms with E-state index in [0.29, 0.717) is 5.69 Å². The van der Waals surface area contributed by atoms with E-state index in [1.165, 1.54) is 12.1 Å². The van der Waals surface area contributed by atoms with Crippen LogP contribution >= 0.6 is 0 Å². The van der Waals surface area contributed by atoms with Gasteiger partial charge >= 0.3 is 5.97 Å². The van der Waals surface area contributed by atoms with Crippen molar-refractivity contribution < 1.29 is 19.5 Å². The molecule has 6 nitrogen and oxygen atoms in total. The number of carboxylic acids is 1. The van der Waals surface area contributed by atoms with Gasteiger partial charge in [-0.05, 0) is 36.1 Å². The van der Waals surface area contributed by atoms with E-state index in [1.54, 1.807) is 13.0 Å². The van der Waals surface area contributed by atoms with Crippen LogP contribution in [0.25, 0.3) is 0 Å². The fourth-order valence-corrected chi connectivity index (χ4v) is 2.64. The molecule has 142 valence electrons. The lowest BCUT2D eigenvalue weighted by Crippen LogP contribution is -2.47. The van der Waals surface area contributed by atoms with Crippen LogP contribution in [-0.4, -0.2) is 28.9 Å². The molecule has 1 atom stereocenters. The van der Waals surface area contributed by atoms with Crippen molar-refractivity contribution >= 4 is 23.5 Å². The normalized spacial score (nSPS) is 11.7. The summed E-state index contributed by atoms with van der Waals surface area (Å²) in [6.45, 7) is 5.46.